The van der Waals surface area contributed by atoms with Crippen LogP contribution in [0.2, 0.25) is 0 Å². The normalized spacial score (nSPS) is 11.1. The molecule has 4 aromatic rings. The van der Waals surface area contributed by atoms with Crippen LogP contribution in [0.1, 0.15) is 56.1 Å². The van der Waals surface area contributed by atoms with Crippen LogP contribution in [0.3, 0.4) is 0 Å². The predicted molar refractivity (Wildman–Crippen MR) is 175 cm³/mol. The number of hydrogen-bond acceptors (Lipinski definition) is 4. The summed E-state index contributed by atoms with van der Waals surface area (Å²) in [5.41, 5.74) is 1.35. The van der Waals surface area contributed by atoms with Gasteiger partial charge in [0.15, 0.2) is 23.3 Å². The zero-order chi connectivity index (χ0) is 35.5. The highest BCUT2D eigenvalue weighted by atomic mass is 19.2. The molecule has 0 spiro atoms. The second-order valence-electron chi connectivity index (χ2n) is 11.1. The van der Waals surface area contributed by atoms with Crippen LogP contribution in [0.25, 0.3) is 22.3 Å². The largest absolute Gasteiger partial charge is 0.426 e. The number of carbonyl (C=O) groups excluding carboxylic acids is 2. The summed E-state index contributed by atoms with van der Waals surface area (Å²) in [5.74, 6) is -6.60. The number of ether oxygens (including phenoxy) is 2. The lowest BCUT2D eigenvalue weighted by Crippen LogP contribution is -2.08. The van der Waals surface area contributed by atoms with E-state index in [1.807, 2.05) is 0 Å². The SMILES string of the molecule is C=C(/C=C\C(=C)c1ccc(OC(=O)CCCCCCCC(=O)Oc2ccc(-c3ccc(F)c(F)c3)c(F)c2)cc1F)c1ccc(F)c(F)c1. The van der Waals surface area contributed by atoms with Crippen molar-refractivity contribution in [2.24, 2.45) is 0 Å². The molecule has 0 radical (unpaired) electrons. The summed E-state index contributed by atoms with van der Waals surface area (Å²) in [6.07, 6.45) is 6.35. The van der Waals surface area contributed by atoms with Crippen molar-refractivity contribution >= 4 is 23.1 Å². The van der Waals surface area contributed by atoms with Crippen molar-refractivity contribution in [1.29, 1.82) is 0 Å². The smallest absolute Gasteiger partial charge is 0.311 e. The van der Waals surface area contributed by atoms with Crippen molar-refractivity contribution in [3.8, 4) is 22.6 Å². The van der Waals surface area contributed by atoms with Crippen molar-refractivity contribution < 1.29 is 45.4 Å². The second kappa shape index (κ2) is 17.1. The number of halogens is 6. The van der Waals surface area contributed by atoms with Crippen LogP contribution < -0.4 is 9.47 Å². The number of hydrogen-bond donors (Lipinski definition) is 0. The van der Waals surface area contributed by atoms with E-state index in [0.717, 1.165) is 42.8 Å². The van der Waals surface area contributed by atoms with Crippen molar-refractivity contribution in [3.63, 3.8) is 0 Å². The van der Waals surface area contributed by atoms with Gasteiger partial charge in [0.2, 0.25) is 0 Å². The highest BCUT2D eigenvalue weighted by molar-refractivity contribution is 5.80. The Labute approximate surface area is 280 Å². The van der Waals surface area contributed by atoms with Gasteiger partial charge in [-0.2, -0.15) is 0 Å². The number of unbranched alkanes of at least 4 members (excludes halogenated alkanes) is 4. The molecule has 0 aliphatic rings. The first kappa shape index (κ1) is 36.5. The van der Waals surface area contributed by atoms with Gasteiger partial charge in [-0.1, -0.05) is 56.7 Å². The minimum atomic E-state index is -1.10. The first-order chi connectivity index (χ1) is 23.4. The molecule has 254 valence electrons. The van der Waals surface area contributed by atoms with Gasteiger partial charge in [0, 0.05) is 36.1 Å². The third-order valence-corrected chi connectivity index (χ3v) is 7.46. The molecule has 4 aromatic carbocycles. The topological polar surface area (TPSA) is 52.6 Å². The van der Waals surface area contributed by atoms with Gasteiger partial charge >= 0.3 is 11.9 Å². The quantitative estimate of drug-likeness (QED) is 0.0413. The minimum Gasteiger partial charge on any atom is -0.426 e. The van der Waals surface area contributed by atoms with E-state index in [1.165, 1.54) is 48.6 Å². The standard InChI is InChI=1S/C39H32F6O4/c1-24(26-12-18-32(40)36(44)20-26)10-11-25(2)30-16-14-28(22-34(30)42)48-38(46)8-6-4-3-5-7-9-39(47)49-29-15-17-31(35(43)23-29)27-13-19-33(41)37(45)21-27/h10-23H,1-9H2/b11-10-. The van der Waals surface area contributed by atoms with Crippen molar-refractivity contribution in [2.45, 2.75) is 44.9 Å². The first-order valence-corrected chi connectivity index (χ1v) is 15.4. The molecule has 0 aromatic heterocycles. The lowest BCUT2D eigenvalue weighted by Gasteiger charge is -2.08. The number of allylic oxidation sites excluding steroid dienone is 4. The lowest BCUT2D eigenvalue weighted by atomic mass is 10.0. The molecule has 0 atom stereocenters. The van der Waals surface area contributed by atoms with Crippen molar-refractivity contribution in [3.05, 3.63) is 144 Å². The van der Waals surface area contributed by atoms with E-state index in [4.69, 9.17) is 9.47 Å². The summed E-state index contributed by atoms with van der Waals surface area (Å²) < 4.78 is 93.0. The molecule has 4 nitrogen and oxygen atoms in total. The van der Waals surface area contributed by atoms with Gasteiger partial charge in [0.25, 0.3) is 0 Å². The fourth-order valence-corrected chi connectivity index (χ4v) is 4.79. The molecule has 0 unspecified atom stereocenters. The minimum absolute atomic E-state index is 0.00718. The molecule has 0 amide bonds. The maximum atomic E-state index is 14.7. The number of benzene rings is 4. The Morgan fingerprint density at radius 1 is 0.531 bits per heavy atom. The molecular formula is C39H32F6O4. The Balaban J connectivity index is 1.12. The number of rotatable bonds is 15. The van der Waals surface area contributed by atoms with E-state index < -0.39 is 46.8 Å². The monoisotopic (exact) mass is 678 g/mol. The van der Waals surface area contributed by atoms with Gasteiger partial charge in [-0.15, -0.1) is 0 Å². The molecule has 0 aliphatic heterocycles. The zero-order valence-electron chi connectivity index (χ0n) is 26.3. The zero-order valence-corrected chi connectivity index (χ0v) is 26.3. The van der Waals surface area contributed by atoms with Crippen LogP contribution in [-0.4, -0.2) is 11.9 Å². The maximum Gasteiger partial charge on any atom is 0.311 e. The third-order valence-electron chi connectivity index (χ3n) is 7.46. The van der Waals surface area contributed by atoms with Gasteiger partial charge in [-0.3, -0.25) is 9.59 Å². The van der Waals surface area contributed by atoms with Crippen LogP contribution >= 0.6 is 0 Å². The predicted octanol–water partition coefficient (Wildman–Crippen LogP) is 10.7. The lowest BCUT2D eigenvalue weighted by molar-refractivity contribution is -0.135. The average molecular weight is 679 g/mol. The van der Waals surface area contributed by atoms with Crippen LogP contribution in [0.15, 0.2) is 98.1 Å². The molecule has 49 heavy (non-hydrogen) atoms. The van der Waals surface area contributed by atoms with Crippen LogP contribution in [0.5, 0.6) is 11.5 Å². The Kier molecular flexibility index (Phi) is 12.8. The van der Waals surface area contributed by atoms with Gasteiger partial charge < -0.3 is 9.47 Å². The Hall–Kier alpha value is -5.38. The molecule has 0 N–H and O–H groups in total. The first-order valence-electron chi connectivity index (χ1n) is 15.4. The Bertz CT molecular complexity index is 1900. The molecular weight excluding hydrogens is 646 g/mol. The van der Waals surface area contributed by atoms with Gasteiger partial charge in [-0.25, -0.2) is 26.3 Å². The van der Waals surface area contributed by atoms with Crippen LogP contribution in [0, 0.1) is 34.9 Å². The third kappa shape index (κ3) is 10.6. The van der Waals surface area contributed by atoms with E-state index in [1.54, 1.807) is 0 Å². The number of carbonyl (C=O) groups is 2. The summed E-state index contributed by atoms with van der Waals surface area (Å²) in [5, 5.41) is 0. The number of esters is 2. The van der Waals surface area contributed by atoms with Gasteiger partial charge in [0.05, 0.1) is 0 Å². The van der Waals surface area contributed by atoms with E-state index in [-0.39, 0.29) is 46.6 Å². The summed E-state index contributed by atoms with van der Waals surface area (Å²) in [4.78, 5) is 24.4. The average Bonchev–Trinajstić information content (AvgIpc) is 3.05. The second-order valence-corrected chi connectivity index (χ2v) is 11.1. The Morgan fingerprint density at radius 3 is 1.63 bits per heavy atom. The van der Waals surface area contributed by atoms with Crippen molar-refractivity contribution in [2.75, 3.05) is 0 Å². The Morgan fingerprint density at radius 2 is 1.06 bits per heavy atom. The molecule has 0 heterocycles. The summed E-state index contributed by atoms with van der Waals surface area (Å²) in [7, 11) is 0. The maximum absolute atomic E-state index is 14.7. The molecule has 0 fully saturated rings. The van der Waals surface area contributed by atoms with Crippen LogP contribution in [0.4, 0.5) is 26.3 Å². The molecule has 10 heteroatoms. The van der Waals surface area contributed by atoms with Gasteiger partial charge in [-0.05, 0) is 83.6 Å². The fraction of sp³-hybridized carbons (Fsp3) is 0.179. The summed E-state index contributed by atoms with van der Waals surface area (Å²) in [6, 6.07) is 14.0. The summed E-state index contributed by atoms with van der Waals surface area (Å²) in [6.45, 7) is 7.63. The highest BCUT2D eigenvalue weighted by Crippen LogP contribution is 2.28. The van der Waals surface area contributed by atoms with E-state index in [2.05, 4.69) is 13.2 Å². The molecule has 4 rings (SSSR count). The van der Waals surface area contributed by atoms with Crippen LogP contribution in [-0.2, 0) is 9.59 Å². The molecule has 0 bridgehead atoms. The summed E-state index contributed by atoms with van der Waals surface area (Å²) >= 11 is 0. The van der Waals surface area contributed by atoms with E-state index in [0.29, 0.717) is 36.8 Å². The molecule has 0 saturated carbocycles. The van der Waals surface area contributed by atoms with Gasteiger partial charge in [0.1, 0.15) is 23.1 Å². The van der Waals surface area contributed by atoms with E-state index >= 15 is 0 Å². The molecule has 0 saturated heterocycles. The fourth-order valence-electron chi connectivity index (χ4n) is 4.79. The van der Waals surface area contributed by atoms with E-state index in [9.17, 15) is 35.9 Å². The van der Waals surface area contributed by atoms with Crippen molar-refractivity contribution in [1.82, 2.24) is 0 Å². The molecule has 0 aliphatic carbocycles. The highest BCUT2D eigenvalue weighted by Gasteiger charge is 2.13.